The van der Waals surface area contributed by atoms with Crippen LogP contribution in [0.4, 0.5) is 0 Å². The Balaban J connectivity index is 1.78. The molecule has 1 aliphatic carbocycles. The van der Waals surface area contributed by atoms with Gasteiger partial charge in [-0.3, -0.25) is 4.90 Å². The van der Waals surface area contributed by atoms with Crippen LogP contribution in [0.1, 0.15) is 13.3 Å². The molecule has 0 aromatic carbocycles. The summed E-state index contributed by atoms with van der Waals surface area (Å²) in [6.45, 7) is 5.17. The first-order chi connectivity index (χ1) is 6.18. The third kappa shape index (κ3) is 2.03. The fraction of sp³-hybridized carbons (Fsp3) is 1.00. The number of likely N-dealkylation sites (N-methyl/N-ethyl adjacent to an activating group) is 1. The van der Waals surface area contributed by atoms with Crippen molar-refractivity contribution in [3.05, 3.63) is 0 Å². The minimum atomic E-state index is -0.168. The van der Waals surface area contributed by atoms with E-state index in [1.54, 1.807) is 0 Å². The van der Waals surface area contributed by atoms with Crippen LogP contribution in [0.25, 0.3) is 0 Å². The van der Waals surface area contributed by atoms with Gasteiger partial charge in [-0.2, -0.15) is 0 Å². The van der Waals surface area contributed by atoms with Crippen molar-refractivity contribution < 1.29 is 5.11 Å². The Morgan fingerprint density at radius 2 is 2.15 bits per heavy atom. The largest absolute Gasteiger partial charge is 0.390 e. The van der Waals surface area contributed by atoms with E-state index in [1.165, 1.54) is 6.42 Å². The van der Waals surface area contributed by atoms with E-state index < -0.39 is 0 Å². The highest BCUT2D eigenvalue weighted by atomic mass is 16.3. The smallest absolute Gasteiger partial charge is 0.0831 e. The predicted octanol–water partition coefficient (Wildman–Crippen LogP) is -0.0931. The lowest BCUT2D eigenvalue weighted by molar-refractivity contribution is 0.0960. The number of nitrogens with zero attached hydrogens (tertiary/aromatic N) is 1. The summed E-state index contributed by atoms with van der Waals surface area (Å²) in [5.41, 5.74) is 0. The van der Waals surface area contributed by atoms with E-state index in [0.29, 0.717) is 6.04 Å². The van der Waals surface area contributed by atoms with Crippen LogP contribution >= 0.6 is 0 Å². The summed E-state index contributed by atoms with van der Waals surface area (Å²) in [4.78, 5) is 2.32. The first kappa shape index (κ1) is 9.44. The SMILES string of the molecule is CC1CC1CN(C)C1CNCC1O. The van der Waals surface area contributed by atoms with Gasteiger partial charge in [-0.05, 0) is 25.3 Å². The van der Waals surface area contributed by atoms with Crippen LogP contribution in [0.15, 0.2) is 0 Å². The van der Waals surface area contributed by atoms with Crippen LogP contribution in [0.5, 0.6) is 0 Å². The van der Waals surface area contributed by atoms with Gasteiger partial charge in [0, 0.05) is 25.7 Å². The van der Waals surface area contributed by atoms with Gasteiger partial charge in [-0.15, -0.1) is 0 Å². The van der Waals surface area contributed by atoms with Gasteiger partial charge < -0.3 is 10.4 Å². The van der Waals surface area contributed by atoms with E-state index in [-0.39, 0.29) is 6.10 Å². The molecule has 2 rings (SSSR count). The Kier molecular flexibility index (Phi) is 2.58. The van der Waals surface area contributed by atoms with Crippen LogP contribution in [0, 0.1) is 11.8 Å². The molecule has 3 nitrogen and oxygen atoms in total. The molecule has 1 saturated carbocycles. The number of aliphatic hydroxyl groups is 1. The van der Waals surface area contributed by atoms with Gasteiger partial charge >= 0.3 is 0 Å². The molecule has 0 aromatic rings. The Labute approximate surface area is 80.1 Å². The molecule has 1 saturated heterocycles. The molecular formula is C10H20N2O. The molecule has 0 aromatic heterocycles. The zero-order chi connectivity index (χ0) is 9.42. The second-order valence-electron chi connectivity index (χ2n) is 4.71. The van der Waals surface area contributed by atoms with Crippen molar-refractivity contribution >= 4 is 0 Å². The predicted molar refractivity (Wildman–Crippen MR) is 52.6 cm³/mol. The van der Waals surface area contributed by atoms with E-state index >= 15 is 0 Å². The summed E-state index contributed by atoms with van der Waals surface area (Å²) in [7, 11) is 2.13. The topological polar surface area (TPSA) is 35.5 Å². The van der Waals surface area contributed by atoms with Gasteiger partial charge in [0.1, 0.15) is 0 Å². The van der Waals surface area contributed by atoms with Gasteiger partial charge in [0.25, 0.3) is 0 Å². The normalized spacial score (nSPS) is 44.3. The Bertz CT molecular complexity index is 186. The highest BCUT2D eigenvalue weighted by Crippen LogP contribution is 2.38. The zero-order valence-electron chi connectivity index (χ0n) is 8.53. The summed E-state index contributed by atoms with van der Waals surface area (Å²) < 4.78 is 0. The highest BCUT2D eigenvalue weighted by molar-refractivity contribution is 4.91. The quantitative estimate of drug-likeness (QED) is 0.643. The molecule has 0 radical (unpaired) electrons. The molecule has 2 aliphatic rings. The number of nitrogens with one attached hydrogen (secondary N) is 1. The zero-order valence-corrected chi connectivity index (χ0v) is 8.53. The van der Waals surface area contributed by atoms with Gasteiger partial charge in [0.15, 0.2) is 0 Å². The van der Waals surface area contributed by atoms with Crippen LogP contribution in [-0.4, -0.2) is 48.8 Å². The summed E-state index contributed by atoms with van der Waals surface area (Å²) in [6, 6.07) is 0.341. The first-order valence-corrected chi connectivity index (χ1v) is 5.27. The maximum atomic E-state index is 9.65. The Morgan fingerprint density at radius 3 is 2.62 bits per heavy atom. The first-order valence-electron chi connectivity index (χ1n) is 5.27. The molecule has 4 unspecified atom stereocenters. The number of rotatable bonds is 3. The van der Waals surface area contributed by atoms with Crippen LogP contribution in [-0.2, 0) is 0 Å². The number of aliphatic hydroxyl groups excluding tert-OH is 1. The lowest BCUT2D eigenvalue weighted by Crippen LogP contribution is -2.41. The Hall–Kier alpha value is -0.120. The van der Waals surface area contributed by atoms with Crippen molar-refractivity contribution in [1.82, 2.24) is 10.2 Å². The number of hydrogen-bond acceptors (Lipinski definition) is 3. The van der Waals surface area contributed by atoms with Crippen molar-refractivity contribution in [3.8, 4) is 0 Å². The highest BCUT2D eigenvalue weighted by Gasteiger charge is 2.36. The van der Waals surface area contributed by atoms with E-state index in [4.69, 9.17) is 0 Å². The lowest BCUT2D eigenvalue weighted by atomic mass is 10.2. The minimum Gasteiger partial charge on any atom is -0.390 e. The minimum absolute atomic E-state index is 0.168. The fourth-order valence-corrected chi connectivity index (χ4v) is 2.26. The fourth-order valence-electron chi connectivity index (χ4n) is 2.26. The van der Waals surface area contributed by atoms with Gasteiger partial charge in [0.05, 0.1) is 6.10 Å². The molecular weight excluding hydrogens is 164 g/mol. The van der Waals surface area contributed by atoms with Crippen molar-refractivity contribution in [2.45, 2.75) is 25.5 Å². The standard InChI is InChI=1S/C10H20N2O/c1-7-3-8(7)6-12(2)9-4-11-5-10(9)13/h7-11,13H,3-6H2,1-2H3. The number of β-amino-alcohol motifs (C(OH)–C–C–N with tert-alkyl or cyclic N) is 1. The van der Waals surface area contributed by atoms with E-state index in [2.05, 4.69) is 24.2 Å². The lowest BCUT2D eigenvalue weighted by Gasteiger charge is -2.26. The van der Waals surface area contributed by atoms with Gasteiger partial charge in [0.2, 0.25) is 0 Å². The summed E-state index contributed by atoms with van der Waals surface area (Å²) >= 11 is 0. The molecule has 1 heterocycles. The van der Waals surface area contributed by atoms with E-state index in [1.807, 2.05) is 0 Å². The van der Waals surface area contributed by atoms with Crippen LogP contribution in [0.2, 0.25) is 0 Å². The monoisotopic (exact) mass is 184 g/mol. The molecule has 0 spiro atoms. The molecule has 0 bridgehead atoms. The molecule has 13 heavy (non-hydrogen) atoms. The summed E-state index contributed by atoms with van der Waals surface area (Å²) in [5, 5.41) is 12.9. The van der Waals surface area contributed by atoms with E-state index in [9.17, 15) is 5.11 Å². The van der Waals surface area contributed by atoms with Gasteiger partial charge in [-0.1, -0.05) is 6.92 Å². The Morgan fingerprint density at radius 1 is 1.46 bits per heavy atom. The summed E-state index contributed by atoms with van der Waals surface area (Å²) in [6.07, 6.45) is 1.21. The average Bonchev–Trinajstić information content (AvgIpc) is 2.62. The summed E-state index contributed by atoms with van der Waals surface area (Å²) in [5.74, 6) is 1.80. The second-order valence-corrected chi connectivity index (χ2v) is 4.71. The molecule has 0 amide bonds. The third-order valence-corrected chi connectivity index (χ3v) is 3.52. The molecule has 2 fully saturated rings. The molecule has 76 valence electrons. The maximum absolute atomic E-state index is 9.65. The molecule has 1 aliphatic heterocycles. The van der Waals surface area contributed by atoms with Crippen molar-refractivity contribution in [3.63, 3.8) is 0 Å². The van der Waals surface area contributed by atoms with Crippen molar-refractivity contribution in [1.29, 1.82) is 0 Å². The van der Waals surface area contributed by atoms with E-state index in [0.717, 1.165) is 31.5 Å². The molecule has 3 heteroatoms. The number of hydrogen-bond donors (Lipinski definition) is 2. The third-order valence-electron chi connectivity index (χ3n) is 3.52. The van der Waals surface area contributed by atoms with Crippen LogP contribution < -0.4 is 5.32 Å². The average molecular weight is 184 g/mol. The van der Waals surface area contributed by atoms with Gasteiger partial charge in [-0.25, -0.2) is 0 Å². The maximum Gasteiger partial charge on any atom is 0.0831 e. The van der Waals surface area contributed by atoms with Crippen molar-refractivity contribution in [2.75, 3.05) is 26.7 Å². The molecule has 2 N–H and O–H groups in total. The molecule has 4 atom stereocenters. The second kappa shape index (κ2) is 3.56. The van der Waals surface area contributed by atoms with Crippen LogP contribution in [0.3, 0.4) is 0 Å². The van der Waals surface area contributed by atoms with Crippen molar-refractivity contribution in [2.24, 2.45) is 11.8 Å².